The molecule has 7 nitrogen and oxygen atoms in total. The molecule has 37 heavy (non-hydrogen) atoms. The van der Waals surface area contributed by atoms with Crippen molar-refractivity contribution in [3.63, 3.8) is 0 Å². The lowest BCUT2D eigenvalue weighted by Gasteiger charge is -2.31. The highest BCUT2D eigenvalue weighted by molar-refractivity contribution is 7.89. The normalized spacial score (nSPS) is 16.9. The lowest BCUT2D eigenvalue weighted by Crippen LogP contribution is -2.44. The zero-order chi connectivity index (χ0) is 26.9. The molecule has 3 aromatic rings. The van der Waals surface area contributed by atoms with Crippen LogP contribution in [0.4, 0.5) is 5.69 Å². The molecule has 0 spiro atoms. The van der Waals surface area contributed by atoms with E-state index in [4.69, 9.17) is 4.52 Å². The highest BCUT2D eigenvalue weighted by Crippen LogP contribution is 2.31. The van der Waals surface area contributed by atoms with Gasteiger partial charge in [0.1, 0.15) is 5.69 Å². The van der Waals surface area contributed by atoms with Crippen LogP contribution in [0.1, 0.15) is 57.7 Å². The van der Waals surface area contributed by atoms with Gasteiger partial charge in [-0.3, -0.25) is 4.79 Å². The van der Waals surface area contributed by atoms with E-state index in [2.05, 4.69) is 10.5 Å². The second-order valence-electron chi connectivity index (χ2n) is 10.1. The first-order valence-corrected chi connectivity index (χ1v) is 14.0. The lowest BCUT2D eigenvalue weighted by molar-refractivity contribution is -0.120. The number of amides is 1. The average Bonchev–Trinajstić information content (AvgIpc) is 3.22. The Balaban J connectivity index is 1.56. The van der Waals surface area contributed by atoms with E-state index >= 15 is 0 Å². The molecule has 1 aromatic heterocycles. The van der Waals surface area contributed by atoms with Gasteiger partial charge in [0.25, 0.3) is 0 Å². The molecule has 0 bridgehead atoms. The van der Waals surface area contributed by atoms with Gasteiger partial charge in [-0.05, 0) is 82.7 Å². The van der Waals surface area contributed by atoms with Crippen molar-refractivity contribution in [3.05, 3.63) is 75.2 Å². The van der Waals surface area contributed by atoms with Crippen LogP contribution < -0.4 is 5.32 Å². The highest BCUT2D eigenvalue weighted by atomic mass is 32.2. The van der Waals surface area contributed by atoms with Gasteiger partial charge in [-0.15, -0.1) is 0 Å². The van der Waals surface area contributed by atoms with Crippen LogP contribution in [0.15, 0.2) is 39.8 Å². The van der Waals surface area contributed by atoms with Crippen molar-refractivity contribution in [2.45, 2.75) is 59.3 Å². The van der Waals surface area contributed by atoms with Gasteiger partial charge < -0.3 is 9.84 Å². The Morgan fingerprint density at radius 2 is 1.70 bits per heavy atom. The number of aryl methyl sites for hydroxylation is 6. The molecule has 2 aromatic carbocycles. The maximum atomic E-state index is 13.8. The molecule has 1 amide bonds. The fourth-order valence-corrected chi connectivity index (χ4v) is 6.78. The zero-order valence-electron chi connectivity index (χ0n) is 22.4. The summed E-state index contributed by atoms with van der Waals surface area (Å²) in [4.78, 5) is 13.2. The van der Waals surface area contributed by atoms with E-state index in [9.17, 15) is 13.2 Å². The van der Waals surface area contributed by atoms with Crippen LogP contribution in [0.25, 0.3) is 12.2 Å². The first kappa shape index (κ1) is 26.8. The van der Waals surface area contributed by atoms with Gasteiger partial charge in [-0.2, -0.15) is 4.31 Å². The quantitative estimate of drug-likeness (QED) is 0.447. The van der Waals surface area contributed by atoms with Gasteiger partial charge in [0.2, 0.25) is 15.9 Å². The minimum Gasteiger partial charge on any atom is -0.355 e. The molecule has 196 valence electrons. The number of nitrogens with zero attached hydrogens (tertiary/aromatic N) is 2. The van der Waals surface area contributed by atoms with E-state index in [0.717, 1.165) is 39.1 Å². The fourth-order valence-electron chi connectivity index (χ4n) is 5.01. The Morgan fingerprint density at radius 3 is 2.41 bits per heavy atom. The van der Waals surface area contributed by atoms with E-state index in [-0.39, 0.29) is 23.1 Å². The molecule has 0 saturated carbocycles. The van der Waals surface area contributed by atoms with Crippen molar-refractivity contribution in [2.75, 3.05) is 18.4 Å². The van der Waals surface area contributed by atoms with Crippen LogP contribution >= 0.6 is 0 Å². The summed E-state index contributed by atoms with van der Waals surface area (Å²) < 4.78 is 34.3. The Morgan fingerprint density at radius 1 is 1.00 bits per heavy atom. The lowest BCUT2D eigenvalue weighted by atomic mass is 9.98. The number of rotatable bonds is 6. The van der Waals surface area contributed by atoms with Gasteiger partial charge in [0.05, 0.1) is 5.92 Å². The zero-order valence-corrected chi connectivity index (χ0v) is 23.2. The van der Waals surface area contributed by atoms with Gasteiger partial charge in [-0.1, -0.05) is 52.7 Å². The molecule has 1 aliphatic heterocycles. The van der Waals surface area contributed by atoms with Crippen LogP contribution in [-0.4, -0.2) is 36.9 Å². The number of nitrogens with one attached hydrogen (secondary N) is 1. The van der Waals surface area contributed by atoms with Crippen molar-refractivity contribution in [1.82, 2.24) is 9.46 Å². The molecular weight excluding hydrogens is 486 g/mol. The molecule has 0 aliphatic carbocycles. The summed E-state index contributed by atoms with van der Waals surface area (Å²) in [6.45, 7) is 12.1. The molecule has 2 heterocycles. The predicted octanol–water partition coefficient (Wildman–Crippen LogP) is 5.73. The summed E-state index contributed by atoms with van der Waals surface area (Å²) in [5.74, 6) is -0.416. The summed E-state index contributed by atoms with van der Waals surface area (Å²) in [6, 6.07) is 10.2. The number of piperidine rings is 1. The molecule has 0 unspecified atom stereocenters. The second-order valence-corrected chi connectivity index (χ2v) is 12.0. The second kappa shape index (κ2) is 10.6. The van der Waals surface area contributed by atoms with Crippen LogP contribution in [0, 0.1) is 47.5 Å². The minimum absolute atomic E-state index is 0.0559. The van der Waals surface area contributed by atoms with Crippen molar-refractivity contribution in [1.29, 1.82) is 0 Å². The van der Waals surface area contributed by atoms with Crippen molar-refractivity contribution in [2.24, 2.45) is 5.92 Å². The van der Waals surface area contributed by atoms with Crippen LogP contribution in [-0.2, 0) is 14.8 Å². The van der Waals surface area contributed by atoms with E-state index < -0.39 is 15.9 Å². The molecule has 1 atom stereocenters. The third kappa shape index (κ3) is 5.70. The Labute approximate surface area is 219 Å². The smallest absolute Gasteiger partial charge is 0.248 e. The predicted molar refractivity (Wildman–Crippen MR) is 147 cm³/mol. The van der Waals surface area contributed by atoms with Crippen molar-refractivity contribution >= 4 is 33.8 Å². The topological polar surface area (TPSA) is 92.5 Å². The number of hydrogen-bond donors (Lipinski definition) is 1. The number of sulfonamides is 1. The molecule has 1 saturated heterocycles. The molecular formula is C29H35N3O4S. The highest BCUT2D eigenvalue weighted by Gasteiger charge is 2.37. The van der Waals surface area contributed by atoms with Crippen molar-refractivity contribution in [3.8, 4) is 0 Å². The van der Waals surface area contributed by atoms with Crippen molar-refractivity contribution < 1.29 is 17.7 Å². The monoisotopic (exact) mass is 521 g/mol. The molecule has 0 radical (unpaired) electrons. The van der Waals surface area contributed by atoms with Crippen LogP contribution in [0.3, 0.4) is 0 Å². The fraction of sp³-hybridized carbons (Fsp3) is 0.379. The molecule has 8 heteroatoms. The summed E-state index contributed by atoms with van der Waals surface area (Å²) in [6.07, 6.45) is 4.73. The summed E-state index contributed by atoms with van der Waals surface area (Å²) in [5.41, 5.74) is 7.38. The Bertz CT molecular complexity index is 1450. The Kier molecular flexibility index (Phi) is 7.71. The maximum Gasteiger partial charge on any atom is 0.248 e. The van der Waals surface area contributed by atoms with Gasteiger partial charge in [0.15, 0.2) is 10.7 Å². The number of aromatic nitrogens is 1. The first-order valence-electron chi connectivity index (χ1n) is 12.6. The number of hydrogen-bond acceptors (Lipinski definition) is 5. The van der Waals surface area contributed by atoms with Gasteiger partial charge in [-0.25, -0.2) is 8.42 Å². The van der Waals surface area contributed by atoms with E-state index in [1.54, 1.807) is 13.0 Å². The maximum absolute atomic E-state index is 13.8. The number of benzene rings is 2. The van der Waals surface area contributed by atoms with Gasteiger partial charge >= 0.3 is 0 Å². The Hall–Kier alpha value is -3.23. The minimum atomic E-state index is -3.92. The average molecular weight is 522 g/mol. The number of anilines is 1. The standard InChI is InChI=1S/C29H35N3O4S/c1-18-9-10-20(3)24(16-18)11-12-26-28(23(6)31-36-26)37(34,35)32-13-7-8-25(17-32)29(33)30-27-21(4)14-19(2)15-22(27)5/h9-12,14-16,25H,7-8,13,17H2,1-6H3,(H,30,33)/b12-11+/t25-/m1/s1. The largest absolute Gasteiger partial charge is 0.355 e. The molecule has 4 rings (SSSR count). The number of carbonyl (C=O) groups is 1. The first-order chi connectivity index (χ1) is 17.5. The van der Waals surface area contributed by atoms with Gasteiger partial charge in [0, 0.05) is 18.8 Å². The number of carbonyl (C=O) groups excluding carboxylic acids is 1. The summed E-state index contributed by atoms with van der Waals surface area (Å²) in [5, 5.41) is 7.01. The summed E-state index contributed by atoms with van der Waals surface area (Å²) >= 11 is 0. The van der Waals surface area contributed by atoms with E-state index in [1.165, 1.54) is 4.31 Å². The van der Waals surface area contributed by atoms with E-state index in [1.807, 2.05) is 71.0 Å². The molecule has 1 aliphatic rings. The summed E-state index contributed by atoms with van der Waals surface area (Å²) in [7, 11) is -3.92. The molecule has 1 N–H and O–H groups in total. The third-order valence-corrected chi connectivity index (χ3v) is 8.98. The van der Waals surface area contributed by atoms with Crippen LogP contribution in [0.5, 0.6) is 0 Å². The molecule has 1 fully saturated rings. The SMILES string of the molecule is Cc1cc(C)c(NC(=O)[C@@H]2CCCN(S(=O)(=O)c3c(C)noc3/C=C/c3cc(C)ccc3C)C2)c(C)c1. The third-order valence-electron chi connectivity index (χ3n) is 6.96. The van der Waals surface area contributed by atoms with E-state index in [0.29, 0.717) is 25.1 Å². The van der Waals surface area contributed by atoms with Crippen LogP contribution in [0.2, 0.25) is 0 Å².